The lowest BCUT2D eigenvalue weighted by molar-refractivity contribution is -0.162. The predicted octanol–water partition coefficient (Wildman–Crippen LogP) is 0.561. The third-order valence-corrected chi connectivity index (χ3v) is 3.99. The first-order chi connectivity index (χ1) is 13.2. The maximum Gasteiger partial charge on any atom is 0.547 e. The molecular formula is C18H22BNO8. The van der Waals surface area contributed by atoms with Gasteiger partial charge in [-0.15, -0.1) is 0 Å². The Bertz CT molecular complexity index is 781. The highest BCUT2D eigenvalue weighted by molar-refractivity contribution is 6.47. The number of Topliss-reactive ketones (excluding diaryl/α,β-unsaturated/α-hetero) is 1. The number of hydrogen-bond donors (Lipinski definition) is 2. The first-order valence-corrected chi connectivity index (χ1v) is 8.81. The summed E-state index contributed by atoms with van der Waals surface area (Å²) in [6, 6.07) is 4.77. The minimum atomic E-state index is -1.38. The zero-order valence-electron chi connectivity index (χ0n) is 15.9. The van der Waals surface area contributed by atoms with Crippen LogP contribution in [0.5, 0.6) is 5.75 Å². The van der Waals surface area contributed by atoms with Crippen LogP contribution in [0.2, 0.25) is 0 Å². The van der Waals surface area contributed by atoms with Crippen LogP contribution >= 0.6 is 0 Å². The maximum absolute atomic E-state index is 12.3. The highest BCUT2D eigenvalue weighted by Crippen LogP contribution is 2.31. The summed E-state index contributed by atoms with van der Waals surface area (Å²) in [5.74, 6) is -2.43. The van der Waals surface area contributed by atoms with Gasteiger partial charge in [0.2, 0.25) is 12.2 Å². The van der Waals surface area contributed by atoms with Crippen molar-refractivity contribution in [2.45, 2.75) is 52.3 Å². The Balaban J connectivity index is 2.09. The van der Waals surface area contributed by atoms with E-state index in [1.807, 2.05) is 0 Å². The summed E-state index contributed by atoms with van der Waals surface area (Å²) in [6.45, 7) is 3.99. The number of benzene rings is 1. The molecular weight excluding hydrogens is 369 g/mol. The summed E-state index contributed by atoms with van der Waals surface area (Å²) >= 11 is 0. The summed E-state index contributed by atoms with van der Waals surface area (Å²) in [5.41, 5.74) is 0.661. The number of para-hydroxylation sites is 1. The lowest BCUT2D eigenvalue weighted by atomic mass is 9.72. The topological polar surface area (TPSA) is 128 Å². The zero-order chi connectivity index (χ0) is 20.8. The number of fused-ring (bicyclic) bond motifs is 1. The van der Waals surface area contributed by atoms with E-state index in [2.05, 4.69) is 5.32 Å². The van der Waals surface area contributed by atoms with Gasteiger partial charge in [-0.1, -0.05) is 12.1 Å². The van der Waals surface area contributed by atoms with Gasteiger partial charge in [0.25, 0.3) is 0 Å². The van der Waals surface area contributed by atoms with Crippen molar-refractivity contribution in [3.05, 3.63) is 29.3 Å². The van der Waals surface area contributed by atoms with Crippen LogP contribution in [0.1, 0.15) is 49.5 Å². The average molecular weight is 391 g/mol. The standard InChI is InChI=1S/C18H22BNO8/c1-10(21)7-8-16(23)20-15-9-13-5-4-6-14(17(13)28-19(15)25)18(24)27-12(3)26-11(2)22/h4-6,12,15,25H,7-9H2,1-3H3,(H,20,23)/t12?,15-/m0/s1. The Morgan fingerprint density at radius 1 is 1.25 bits per heavy atom. The van der Waals surface area contributed by atoms with E-state index < -0.39 is 31.3 Å². The van der Waals surface area contributed by atoms with E-state index in [0.29, 0.717) is 5.56 Å². The minimum absolute atomic E-state index is 0.0197. The Morgan fingerprint density at radius 2 is 1.96 bits per heavy atom. The van der Waals surface area contributed by atoms with E-state index in [1.54, 1.807) is 12.1 Å². The molecule has 0 saturated carbocycles. The van der Waals surface area contributed by atoms with Crippen molar-refractivity contribution in [2.75, 3.05) is 0 Å². The largest absolute Gasteiger partial charge is 0.547 e. The number of esters is 2. The molecule has 1 aromatic carbocycles. The van der Waals surface area contributed by atoms with Crippen LogP contribution in [-0.4, -0.2) is 48.0 Å². The molecule has 0 aliphatic carbocycles. The van der Waals surface area contributed by atoms with Gasteiger partial charge in [0, 0.05) is 26.7 Å². The highest BCUT2D eigenvalue weighted by atomic mass is 16.7. The molecule has 2 N–H and O–H groups in total. The number of ketones is 1. The van der Waals surface area contributed by atoms with Crippen LogP contribution in [0.15, 0.2) is 18.2 Å². The molecule has 1 aliphatic rings. The van der Waals surface area contributed by atoms with Gasteiger partial charge in [-0.2, -0.15) is 0 Å². The monoisotopic (exact) mass is 391 g/mol. The molecule has 150 valence electrons. The molecule has 10 heteroatoms. The van der Waals surface area contributed by atoms with Gasteiger partial charge in [-0.3, -0.25) is 9.59 Å². The van der Waals surface area contributed by atoms with E-state index in [-0.39, 0.29) is 42.3 Å². The van der Waals surface area contributed by atoms with Crippen LogP contribution in [0, 0.1) is 0 Å². The molecule has 2 atom stereocenters. The fourth-order valence-corrected chi connectivity index (χ4v) is 2.75. The van der Waals surface area contributed by atoms with Crippen molar-refractivity contribution in [2.24, 2.45) is 0 Å². The second-order valence-corrected chi connectivity index (χ2v) is 6.46. The molecule has 1 heterocycles. The number of rotatable bonds is 7. The summed E-state index contributed by atoms with van der Waals surface area (Å²) in [7, 11) is -1.38. The summed E-state index contributed by atoms with van der Waals surface area (Å²) < 4.78 is 15.3. The second-order valence-electron chi connectivity index (χ2n) is 6.46. The van der Waals surface area contributed by atoms with Crippen molar-refractivity contribution in [1.29, 1.82) is 0 Å². The summed E-state index contributed by atoms with van der Waals surface area (Å²) in [6.07, 6.45) is -0.722. The van der Waals surface area contributed by atoms with Gasteiger partial charge in [-0.25, -0.2) is 4.79 Å². The molecule has 0 aromatic heterocycles. The van der Waals surface area contributed by atoms with E-state index in [4.69, 9.17) is 14.1 Å². The molecule has 1 amide bonds. The van der Waals surface area contributed by atoms with Crippen molar-refractivity contribution in [3.8, 4) is 5.75 Å². The van der Waals surface area contributed by atoms with Crippen molar-refractivity contribution >= 4 is 30.7 Å². The van der Waals surface area contributed by atoms with Crippen molar-refractivity contribution in [3.63, 3.8) is 0 Å². The molecule has 0 fully saturated rings. The van der Waals surface area contributed by atoms with Gasteiger partial charge in [0.05, 0.1) is 5.94 Å². The molecule has 1 aromatic rings. The Kier molecular flexibility index (Phi) is 7.16. The second kappa shape index (κ2) is 9.36. The van der Waals surface area contributed by atoms with Crippen LogP contribution in [-0.2, 0) is 30.3 Å². The smallest absolute Gasteiger partial charge is 0.534 e. The van der Waals surface area contributed by atoms with Gasteiger partial charge in [0.15, 0.2) is 0 Å². The van der Waals surface area contributed by atoms with Gasteiger partial charge in [-0.05, 0) is 25.0 Å². The number of nitrogens with one attached hydrogen (secondary N) is 1. The fourth-order valence-electron chi connectivity index (χ4n) is 2.75. The SMILES string of the molecule is CC(=O)CCC(=O)N[C@H]1Cc2cccc(C(=O)OC(C)OC(C)=O)c2OB1O. The lowest BCUT2D eigenvalue weighted by Crippen LogP contribution is -2.53. The highest BCUT2D eigenvalue weighted by Gasteiger charge is 2.38. The third kappa shape index (κ3) is 5.81. The first-order valence-electron chi connectivity index (χ1n) is 8.81. The minimum Gasteiger partial charge on any atom is -0.534 e. The average Bonchev–Trinajstić information content (AvgIpc) is 2.59. The third-order valence-electron chi connectivity index (χ3n) is 3.99. The zero-order valence-corrected chi connectivity index (χ0v) is 15.9. The number of amides is 1. The normalized spacial score (nSPS) is 16.3. The Morgan fingerprint density at radius 3 is 2.61 bits per heavy atom. The van der Waals surface area contributed by atoms with E-state index in [9.17, 15) is 24.2 Å². The molecule has 0 saturated heterocycles. The van der Waals surface area contributed by atoms with E-state index in [1.165, 1.54) is 26.8 Å². The quantitative estimate of drug-likeness (QED) is 0.392. The molecule has 2 rings (SSSR count). The Labute approximate surface area is 162 Å². The van der Waals surface area contributed by atoms with Gasteiger partial charge >= 0.3 is 19.1 Å². The van der Waals surface area contributed by atoms with Crippen molar-refractivity contribution < 1.29 is 38.3 Å². The van der Waals surface area contributed by atoms with Crippen LogP contribution in [0.25, 0.3) is 0 Å². The molecule has 1 unspecified atom stereocenters. The molecule has 0 bridgehead atoms. The number of ether oxygens (including phenoxy) is 2. The van der Waals surface area contributed by atoms with Crippen LogP contribution in [0.4, 0.5) is 0 Å². The summed E-state index contributed by atoms with van der Waals surface area (Å²) in [5, 5.41) is 12.9. The van der Waals surface area contributed by atoms with E-state index >= 15 is 0 Å². The molecule has 0 radical (unpaired) electrons. The first kappa shape index (κ1) is 21.4. The van der Waals surface area contributed by atoms with Crippen LogP contribution < -0.4 is 9.97 Å². The number of hydrogen-bond acceptors (Lipinski definition) is 8. The Hall–Kier alpha value is -2.88. The lowest BCUT2D eigenvalue weighted by Gasteiger charge is -2.29. The van der Waals surface area contributed by atoms with Crippen LogP contribution in [0.3, 0.4) is 0 Å². The molecule has 9 nitrogen and oxygen atoms in total. The van der Waals surface area contributed by atoms with Gasteiger partial charge < -0.3 is 29.3 Å². The fraction of sp³-hybridized carbons (Fsp3) is 0.444. The summed E-state index contributed by atoms with van der Waals surface area (Å²) in [4.78, 5) is 46.2. The molecule has 1 aliphatic heterocycles. The van der Waals surface area contributed by atoms with Crippen molar-refractivity contribution in [1.82, 2.24) is 5.32 Å². The predicted molar refractivity (Wildman–Crippen MR) is 97.2 cm³/mol. The molecule has 28 heavy (non-hydrogen) atoms. The number of carbonyl (C=O) groups is 4. The van der Waals surface area contributed by atoms with Gasteiger partial charge in [0.1, 0.15) is 17.1 Å². The maximum atomic E-state index is 12.3. The van der Waals surface area contributed by atoms with E-state index in [0.717, 1.165) is 0 Å². The number of carbonyl (C=O) groups excluding carboxylic acids is 4. The molecule has 0 spiro atoms.